The van der Waals surface area contributed by atoms with E-state index in [0.29, 0.717) is 23.7 Å². The Balaban J connectivity index is 1.78. The number of hydrogen-bond donors (Lipinski definition) is 1. The molecule has 6 nitrogen and oxygen atoms in total. The van der Waals surface area contributed by atoms with Crippen molar-refractivity contribution in [1.29, 1.82) is 0 Å². The van der Waals surface area contributed by atoms with Gasteiger partial charge in [-0.2, -0.15) is 13.5 Å². The second kappa shape index (κ2) is 9.77. The Morgan fingerprint density at radius 3 is 2.40 bits per heavy atom. The van der Waals surface area contributed by atoms with Gasteiger partial charge in [0.1, 0.15) is 6.61 Å². The Labute approximate surface area is 184 Å². The molecule has 0 aliphatic carbocycles. The molecule has 3 rings (SSSR count). The van der Waals surface area contributed by atoms with Gasteiger partial charge in [-0.05, 0) is 48.9 Å². The number of aryl methyl sites for hydroxylation is 1. The van der Waals surface area contributed by atoms with E-state index in [4.69, 9.17) is 9.47 Å². The third kappa shape index (κ3) is 5.61. The summed E-state index contributed by atoms with van der Waals surface area (Å²) in [7, 11) is -2.22. The highest BCUT2D eigenvalue weighted by atomic mass is 79.9. The van der Waals surface area contributed by atoms with E-state index in [2.05, 4.69) is 25.9 Å². The second-order valence-electron chi connectivity index (χ2n) is 6.46. The lowest BCUT2D eigenvalue weighted by atomic mass is 10.2. The van der Waals surface area contributed by atoms with Crippen LogP contribution in [0.2, 0.25) is 0 Å². The minimum Gasteiger partial charge on any atom is -0.493 e. The van der Waals surface area contributed by atoms with Gasteiger partial charge in [-0.3, -0.25) is 0 Å². The highest BCUT2D eigenvalue weighted by molar-refractivity contribution is 9.10. The van der Waals surface area contributed by atoms with Crippen molar-refractivity contribution in [3.05, 3.63) is 87.9 Å². The molecule has 3 aromatic rings. The van der Waals surface area contributed by atoms with Gasteiger partial charge in [0.25, 0.3) is 10.0 Å². The molecule has 0 heterocycles. The van der Waals surface area contributed by atoms with Crippen molar-refractivity contribution in [1.82, 2.24) is 4.83 Å². The van der Waals surface area contributed by atoms with E-state index in [1.165, 1.54) is 18.3 Å². The number of rotatable bonds is 8. The van der Waals surface area contributed by atoms with Gasteiger partial charge < -0.3 is 9.47 Å². The Bertz CT molecular complexity index is 1130. The first-order valence-corrected chi connectivity index (χ1v) is 11.3. The molecule has 0 aliphatic heterocycles. The van der Waals surface area contributed by atoms with Crippen LogP contribution in [0.5, 0.6) is 11.5 Å². The van der Waals surface area contributed by atoms with Crippen LogP contribution in [0.3, 0.4) is 0 Å². The minimum absolute atomic E-state index is 0.141. The van der Waals surface area contributed by atoms with Gasteiger partial charge in [0.15, 0.2) is 11.5 Å². The van der Waals surface area contributed by atoms with Crippen LogP contribution in [0.1, 0.15) is 16.7 Å². The van der Waals surface area contributed by atoms with Crippen molar-refractivity contribution < 1.29 is 17.9 Å². The number of ether oxygens (including phenoxy) is 2. The zero-order valence-corrected chi connectivity index (χ0v) is 18.9. The Morgan fingerprint density at radius 2 is 1.73 bits per heavy atom. The largest absolute Gasteiger partial charge is 0.493 e. The molecule has 0 aliphatic rings. The second-order valence-corrected chi connectivity index (χ2v) is 9.04. The Hall–Kier alpha value is -2.84. The molecule has 0 amide bonds. The number of hydrazone groups is 1. The maximum Gasteiger partial charge on any atom is 0.276 e. The van der Waals surface area contributed by atoms with Gasteiger partial charge in [0.2, 0.25) is 0 Å². The fourth-order valence-electron chi connectivity index (χ4n) is 2.62. The summed E-state index contributed by atoms with van der Waals surface area (Å²) in [6.07, 6.45) is 1.39. The quantitative estimate of drug-likeness (QED) is 0.369. The van der Waals surface area contributed by atoms with Gasteiger partial charge in [-0.25, -0.2) is 4.83 Å². The van der Waals surface area contributed by atoms with Crippen LogP contribution in [0.15, 0.2) is 81.2 Å². The number of sulfonamides is 1. The number of benzene rings is 3. The van der Waals surface area contributed by atoms with Gasteiger partial charge in [0.05, 0.1) is 18.2 Å². The van der Waals surface area contributed by atoms with Crippen molar-refractivity contribution in [2.45, 2.75) is 18.4 Å². The molecule has 0 aromatic heterocycles. The summed E-state index contributed by atoms with van der Waals surface area (Å²) in [6, 6.07) is 19.6. The zero-order valence-electron chi connectivity index (χ0n) is 16.5. The molecule has 0 atom stereocenters. The average molecular weight is 489 g/mol. The zero-order chi connectivity index (χ0) is 21.6. The van der Waals surface area contributed by atoms with Crippen molar-refractivity contribution in [3.63, 3.8) is 0 Å². The maximum absolute atomic E-state index is 12.4. The normalized spacial score (nSPS) is 11.4. The molecule has 0 bridgehead atoms. The summed E-state index contributed by atoms with van der Waals surface area (Å²) in [6.45, 7) is 2.21. The third-order valence-corrected chi connectivity index (χ3v) is 6.00. The van der Waals surface area contributed by atoms with Crippen molar-refractivity contribution in [2.24, 2.45) is 5.10 Å². The lowest BCUT2D eigenvalue weighted by Crippen LogP contribution is -2.18. The molecule has 0 spiro atoms. The number of halogens is 1. The number of nitrogens with one attached hydrogen (secondary N) is 1. The molecule has 8 heteroatoms. The number of para-hydroxylation sites is 1. The molecule has 0 fully saturated rings. The number of nitrogens with zero attached hydrogens (tertiary/aromatic N) is 1. The SMILES string of the molecule is COc1cccc(/C=N\NS(=O)(=O)c2ccc(C)cc2)c1OCc1ccc(Br)cc1. The van der Waals surface area contributed by atoms with Gasteiger partial charge in [0, 0.05) is 10.0 Å². The molecule has 0 unspecified atom stereocenters. The van der Waals surface area contributed by atoms with Crippen LogP contribution in [-0.4, -0.2) is 21.7 Å². The lowest BCUT2D eigenvalue weighted by Gasteiger charge is -2.13. The average Bonchev–Trinajstić information content (AvgIpc) is 2.74. The van der Waals surface area contributed by atoms with Crippen LogP contribution in [-0.2, 0) is 16.6 Å². The molecule has 1 N–H and O–H groups in total. The first-order chi connectivity index (χ1) is 14.4. The standard InChI is InChI=1S/C22H21BrN2O4S/c1-16-6-12-20(13-7-16)30(26,27)25-24-14-18-4-3-5-21(28-2)22(18)29-15-17-8-10-19(23)11-9-17/h3-14,25H,15H2,1-2H3/b24-14-. The van der Waals surface area contributed by atoms with E-state index in [-0.39, 0.29) is 4.90 Å². The van der Waals surface area contributed by atoms with E-state index >= 15 is 0 Å². The fourth-order valence-corrected chi connectivity index (χ4v) is 3.68. The van der Waals surface area contributed by atoms with E-state index in [0.717, 1.165) is 15.6 Å². The maximum atomic E-state index is 12.4. The van der Waals surface area contributed by atoms with Crippen molar-refractivity contribution in [2.75, 3.05) is 7.11 Å². The number of hydrogen-bond acceptors (Lipinski definition) is 5. The summed E-state index contributed by atoms with van der Waals surface area (Å²) in [5.74, 6) is 0.999. The monoisotopic (exact) mass is 488 g/mol. The molecule has 0 saturated heterocycles. The predicted molar refractivity (Wildman–Crippen MR) is 121 cm³/mol. The van der Waals surface area contributed by atoms with Crippen LogP contribution in [0, 0.1) is 6.92 Å². The van der Waals surface area contributed by atoms with E-state index in [1.807, 2.05) is 31.2 Å². The first kappa shape index (κ1) is 21.9. The molecule has 30 heavy (non-hydrogen) atoms. The van der Waals surface area contributed by atoms with Crippen molar-refractivity contribution in [3.8, 4) is 11.5 Å². The van der Waals surface area contributed by atoms with Crippen LogP contribution < -0.4 is 14.3 Å². The van der Waals surface area contributed by atoms with Gasteiger partial charge in [-0.15, -0.1) is 0 Å². The smallest absolute Gasteiger partial charge is 0.276 e. The molecule has 156 valence electrons. The van der Waals surface area contributed by atoms with Gasteiger partial charge >= 0.3 is 0 Å². The fraction of sp³-hybridized carbons (Fsp3) is 0.136. The highest BCUT2D eigenvalue weighted by Gasteiger charge is 2.13. The lowest BCUT2D eigenvalue weighted by molar-refractivity contribution is 0.284. The molecule has 0 saturated carbocycles. The van der Waals surface area contributed by atoms with Crippen LogP contribution in [0.25, 0.3) is 0 Å². The van der Waals surface area contributed by atoms with Crippen molar-refractivity contribution >= 4 is 32.2 Å². The summed E-state index contributed by atoms with van der Waals surface area (Å²) in [5, 5.41) is 3.91. The summed E-state index contributed by atoms with van der Waals surface area (Å²) < 4.78 is 37.1. The summed E-state index contributed by atoms with van der Waals surface area (Å²) >= 11 is 3.41. The predicted octanol–water partition coefficient (Wildman–Crippen LogP) is 4.66. The third-order valence-electron chi connectivity index (χ3n) is 4.23. The topological polar surface area (TPSA) is 77.0 Å². The molecule has 3 aromatic carbocycles. The van der Waals surface area contributed by atoms with E-state index in [1.54, 1.807) is 37.4 Å². The highest BCUT2D eigenvalue weighted by Crippen LogP contribution is 2.31. The Morgan fingerprint density at radius 1 is 1.03 bits per heavy atom. The number of methoxy groups -OCH3 is 1. The van der Waals surface area contributed by atoms with E-state index in [9.17, 15) is 8.42 Å². The minimum atomic E-state index is -3.76. The van der Waals surface area contributed by atoms with Gasteiger partial charge in [-0.1, -0.05) is 51.8 Å². The Kier molecular flexibility index (Phi) is 7.12. The molecule has 0 radical (unpaired) electrons. The first-order valence-electron chi connectivity index (χ1n) is 9.05. The summed E-state index contributed by atoms with van der Waals surface area (Å²) in [4.78, 5) is 2.37. The summed E-state index contributed by atoms with van der Waals surface area (Å²) in [5.41, 5.74) is 2.53. The van der Waals surface area contributed by atoms with Crippen LogP contribution >= 0.6 is 15.9 Å². The molecular weight excluding hydrogens is 468 g/mol. The molecular formula is C22H21BrN2O4S. The van der Waals surface area contributed by atoms with Crippen LogP contribution in [0.4, 0.5) is 0 Å². The van der Waals surface area contributed by atoms with E-state index < -0.39 is 10.0 Å².